The van der Waals surface area contributed by atoms with Crippen LogP contribution < -0.4 is 9.47 Å². The highest BCUT2D eigenvalue weighted by Gasteiger charge is 2.26. The van der Waals surface area contributed by atoms with Crippen LogP contribution in [-0.4, -0.2) is 11.9 Å². The predicted molar refractivity (Wildman–Crippen MR) is 127 cm³/mol. The predicted octanol–water partition coefficient (Wildman–Crippen LogP) is 6.76. The van der Waals surface area contributed by atoms with E-state index in [1.54, 1.807) is 48.5 Å². The first kappa shape index (κ1) is 23.3. The lowest BCUT2D eigenvalue weighted by atomic mass is 9.89. The summed E-state index contributed by atoms with van der Waals surface area (Å²) in [7, 11) is 0. The maximum absolute atomic E-state index is 13.0. The molecule has 0 bridgehead atoms. The third-order valence-electron chi connectivity index (χ3n) is 5.20. The molecule has 32 heavy (non-hydrogen) atoms. The molecule has 0 fully saturated rings. The van der Waals surface area contributed by atoms with Crippen molar-refractivity contribution in [2.45, 2.75) is 47.0 Å². The van der Waals surface area contributed by atoms with Crippen LogP contribution in [0.15, 0.2) is 66.7 Å². The largest absolute Gasteiger partial charge is 0.419 e. The molecule has 166 valence electrons. The zero-order valence-electron chi connectivity index (χ0n) is 19.3. The fourth-order valence-electron chi connectivity index (χ4n) is 3.65. The Morgan fingerprint density at radius 3 is 1.66 bits per heavy atom. The number of ether oxygens (including phenoxy) is 2. The minimum atomic E-state index is -0.487. The number of carbonyl (C=O) groups excluding carboxylic acids is 2. The van der Waals surface area contributed by atoms with Crippen LogP contribution in [0.25, 0.3) is 0 Å². The van der Waals surface area contributed by atoms with E-state index in [0.29, 0.717) is 35.0 Å². The zero-order valence-corrected chi connectivity index (χ0v) is 19.3. The number of carbonyl (C=O) groups is 2. The number of hydrogen-bond donors (Lipinski definition) is 0. The Balaban J connectivity index is 2.13. The van der Waals surface area contributed by atoms with E-state index >= 15 is 0 Å². The summed E-state index contributed by atoms with van der Waals surface area (Å²) in [5, 5.41) is 0. The highest BCUT2D eigenvalue weighted by atomic mass is 16.6. The summed E-state index contributed by atoms with van der Waals surface area (Å²) in [6.07, 6.45) is 0.696. The molecule has 0 heterocycles. The molecule has 3 aromatic rings. The summed E-state index contributed by atoms with van der Waals surface area (Å²) in [4.78, 5) is 25.9. The zero-order chi connectivity index (χ0) is 23.3. The Hall–Kier alpha value is -3.40. The van der Waals surface area contributed by atoms with E-state index in [1.165, 1.54) is 0 Å². The van der Waals surface area contributed by atoms with Gasteiger partial charge in [-0.3, -0.25) is 0 Å². The van der Waals surface area contributed by atoms with Crippen LogP contribution in [0.2, 0.25) is 0 Å². The van der Waals surface area contributed by atoms with Crippen molar-refractivity contribution in [1.82, 2.24) is 0 Å². The smallest absolute Gasteiger partial charge is 0.343 e. The summed E-state index contributed by atoms with van der Waals surface area (Å²) in [6.45, 7) is 10.3. The Morgan fingerprint density at radius 1 is 0.750 bits per heavy atom. The van der Waals surface area contributed by atoms with E-state index in [0.717, 1.165) is 16.7 Å². The van der Waals surface area contributed by atoms with Gasteiger partial charge in [-0.1, -0.05) is 70.2 Å². The van der Waals surface area contributed by atoms with E-state index in [9.17, 15) is 9.59 Å². The lowest BCUT2D eigenvalue weighted by Gasteiger charge is -2.23. The van der Waals surface area contributed by atoms with Gasteiger partial charge in [0.05, 0.1) is 11.1 Å². The van der Waals surface area contributed by atoms with Gasteiger partial charge in [0.2, 0.25) is 0 Å². The Kier molecular flexibility index (Phi) is 7.47. The van der Waals surface area contributed by atoms with Gasteiger partial charge in [0.1, 0.15) is 0 Å². The highest BCUT2D eigenvalue weighted by Crippen LogP contribution is 2.41. The molecule has 0 atom stereocenters. The van der Waals surface area contributed by atoms with Crippen molar-refractivity contribution in [2.24, 2.45) is 5.92 Å². The lowest BCUT2D eigenvalue weighted by Crippen LogP contribution is -2.16. The molecule has 0 spiro atoms. The second-order valence-electron chi connectivity index (χ2n) is 8.68. The quantitative estimate of drug-likeness (QED) is 0.307. The topological polar surface area (TPSA) is 52.6 Å². The fraction of sp³-hybridized carbons (Fsp3) is 0.286. The number of aryl methyl sites for hydroxylation is 1. The van der Waals surface area contributed by atoms with Gasteiger partial charge in [0, 0.05) is 5.56 Å². The van der Waals surface area contributed by atoms with Crippen LogP contribution in [0, 0.1) is 12.8 Å². The van der Waals surface area contributed by atoms with Gasteiger partial charge in [-0.2, -0.15) is 0 Å². The minimum Gasteiger partial charge on any atom is -0.419 e. The van der Waals surface area contributed by atoms with Crippen molar-refractivity contribution in [3.8, 4) is 11.5 Å². The maximum atomic E-state index is 13.0. The molecule has 0 aliphatic rings. The molecule has 0 aliphatic heterocycles. The van der Waals surface area contributed by atoms with Crippen LogP contribution in [0.1, 0.15) is 71.0 Å². The van der Waals surface area contributed by atoms with Crippen molar-refractivity contribution < 1.29 is 19.1 Å². The van der Waals surface area contributed by atoms with Gasteiger partial charge in [-0.05, 0) is 60.6 Å². The molecule has 0 radical (unpaired) electrons. The van der Waals surface area contributed by atoms with E-state index in [-0.39, 0.29) is 5.92 Å². The summed E-state index contributed by atoms with van der Waals surface area (Å²) in [6, 6.07) is 19.7. The van der Waals surface area contributed by atoms with Gasteiger partial charge in [0.25, 0.3) is 0 Å². The van der Waals surface area contributed by atoms with Gasteiger partial charge in [-0.25, -0.2) is 9.59 Å². The summed E-state index contributed by atoms with van der Waals surface area (Å²) in [5.74, 6) is 0.202. The average Bonchev–Trinajstić information content (AvgIpc) is 2.78. The first-order chi connectivity index (χ1) is 15.3. The molecule has 4 nitrogen and oxygen atoms in total. The fourth-order valence-corrected chi connectivity index (χ4v) is 3.65. The Bertz CT molecular complexity index is 1080. The molecular formula is C28H30O4. The number of esters is 2. The second kappa shape index (κ2) is 10.3. The molecule has 3 aromatic carbocycles. The summed E-state index contributed by atoms with van der Waals surface area (Å²) in [5.41, 5.74) is 3.62. The van der Waals surface area contributed by atoms with Crippen molar-refractivity contribution in [2.75, 3.05) is 0 Å². The standard InChI is InChI=1S/C28H30O4/c1-18(2)16-24-23(19(3)4)17-20(5)25(31-27(29)21-12-8-6-9-13-21)26(24)32-28(30)22-14-10-7-11-15-22/h6-15,17-19H,16H2,1-5H3. The Morgan fingerprint density at radius 2 is 1.22 bits per heavy atom. The lowest BCUT2D eigenvalue weighted by molar-refractivity contribution is 0.0679. The molecule has 4 heteroatoms. The molecule has 0 aromatic heterocycles. The summed E-state index contributed by atoms with van der Waals surface area (Å²) < 4.78 is 11.8. The Labute approximate surface area is 190 Å². The molecular weight excluding hydrogens is 400 g/mol. The molecule has 0 amide bonds. The number of benzene rings is 3. The van der Waals surface area contributed by atoms with Gasteiger partial charge >= 0.3 is 11.9 Å². The monoisotopic (exact) mass is 430 g/mol. The van der Waals surface area contributed by atoms with Crippen LogP contribution in [0.5, 0.6) is 11.5 Å². The van der Waals surface area contributed by atoms with Crippen molar-refractivity contribution in [3.05, 3.63) is 94.5 Å². The van der Waals surface area contributed by atoms with Crippen LogP contribution in [0.3, 0.4) is 0 Å². The van der Waals surface area contributed by atoms with Gasteiger partial charge in [0.15, 0.2) is 11.5 Å². The summed E-state index contributed by atoms with van der Waals surface area (Å²) >= 11 is 0. The number of rotatable bonds is 7. The van der Waals surface area contributed by atoms with Crippen molar-refractivity contribution >= 4 is 11.9 Å². The third-order valence-corrected chi connectivity index (χ3v) is 5.20. The molecule has 0 unspecified atom stereocenters. The van der Waals surface area contributed by atoms with E-state index in [2.05, 4.69) is 27.7 Å². The van der Waals surface area contributed by atoms with Gasteiger partial charge in [-0.15, -0.1) is 0 Å². The highest BCUT2D eigenvalue weighted by molar-refractivity contribution is 5.93. The first-order valence-electron chi connectivity index (χ1n) is 11.0. The van der Waals surface area contributed by atoms with Gasteiger partial charge < -0.3 is 9.47 Å². The van der Waals surface area contributed by atoms with E-state index in [1.807, 2.05) is 25.1 Å². The average molecular weight is 431 g/mol. The molecule has 0 aliphatic carbocycles. The third kappa shape index (κ3) is 5.44. The minimum absolute atomic E-state index is 0.218. The van der Waals surface area contributed by atoms with Crippen LogP contribution in [0.4, 0.5) is 0 Å². The van der Waals surface area contributed by atoms with Crippen molar-refractivity contribution in [1.29, 1.82) is 0 Å². The second-order valence-corrected chi connectivity index (χ2v) is 8.68. The molecule has 3 rings (SSSR count). The molecule has 0 saturated heterocycles. The number of hydrogen-bond acceptors (Lipinski definition) is 4. The van der Waals surface area contributed by atoms with Crippen LogP contribution >= 0.6 is 0 Å². The SMILES string of the molecule is Cc1cc(C(C)C)c(CC(C)C)c(OC(=O)c2ccccc2)c1OC(=O)c1ccccc1. The maximum Gasteiger partial charge on any atom is 0.343 e. The first-order valence-corrected chi connectivity index (χ1v) is 11.0. The molecule has 0 N–H and O–H groups in total. The van der Waals surface area contributed by atoms with Crippen molar-refractivity contribution in [3.63, 3.8) is 0 Å². The van der Waals surface area contributed by atoms with E-state index in [4.69, 9.17) is 9.47 Å². The molecule has 0 saturated carbocycles. The van der Waals surface area contributed by atoms with E-state index < -0.39 is 11.9 Å². The van der Waals surface area contributed by atoms with Crippen LogP contribution in [-0.2, 0) is 6.42 Å². The normalized spacial score (nSPS) is 11.0.